The minimum Gasteiger partial charge on any atom is -0.505 e. The first-order chi connectivity index (χ1) is 8.65. The molecule has 0 fully saturated rings. The number of nitrogens with zero attached hydrogens (tertiary/aromatic N) is 2. The summed E-state index contributed by atoms with van der Waals surface area (Å²) in [6.45, 7) is 0. The highest BCUT2D eigenvalue weighted by molar-refractivity contribution is 5.81. The van der Waals surface area contributed by atoms with Crippen LogP contribution in [0.25, 0.3) is 16.6 Å². The predicted molar refractivity (Wildman–Crippen MR) is 62.7 cm³/mol. The van der Waals surface area contributed by atoms with Gasteiger partial charge in [0.05, 0.1) is 17.4 Å². The number of phenols is 1. The molecule has 3 rings (SSSR count). The molecule has 1 N–H and O–H groups in total. The summed E-state index contributed by atoms with van der Waals surface area (Å²) >= 11 is 0. The molecule has 2 aromatic carbocycles. The maximum Gasteiger partial charge on any atom is 0.166 e. The number of aromatic hydroxyl groups is 1. The number of rotatable bonds is 1. The van der Waals surface area contributed by atoms with Crippen LogP contribution < -0.4 is 0 Å². The van der Waals surface area contributed by atoms with Crippen molar-refractivity contribution in [1.29, 1.82) is 0 Å². The highest BCUT2D eigenvalue weighted by atomic mass is 19.1. The van der Waals surface area contributed by atoms with Gasteiger partial charge in [0.25, 0.3) is 0 Å². The zero-order valence-electron chi connectivity index (χ0n) is 9.14. The summed E-state index contributed by atoms with van der Waals surface area (Å²) in [7, 11) is 0. The van der Waals surface area contributed by atoms with E-state index in [1.165, 1.54) is 35.1 Å². The van der Waals surface area contributed by atoms with Gasteiger partial charge in [-0.05, 0) is 24.3 Å². The quantitative estimate of drug-likeness (QED) is 0.716. The van der Waals surface area contributed by atoms with Gasteiger partial charge >= 0.3 is 0 Å². The number of hydrogen-bond acceptors (Lipinski definition) is 2. The summed E-state index contributed by atoms with van der Waals surface area (Å²) in [5.41, 5.74) is 0.964. The van der Waals surface area contributed by atoms with Gasteiger partial charge in [0.15, 0.2) is 11.6 Å². The Kier molecular flexibility index (Phi) is 2.26. The van der Waals surface area contributed by atoms with E-state index < -0.39 is 17.4 Å². The Morgan fingerprint density at radius 1 is 1.11 bits per heavy atom. The van der Waals surface area contributed by atoms with E-state index in [2.05, 4.69) is 5.10 Å². The summed E-state index contributed by atoms with van der Waals surface area (Å²) in [5.74, 6) is -1.56. The van der Waals surface area contributed by atoms with Crippen LogP contribution in [-0.4, -0.2) is 14.9 Å². The van der Waals surface area contributed by atoms with Gasteiger partial charge in [-0.1, -0.05) is 6.07 Å². The molecule has 0 bridgehead atoms. The summed E-state index contributed by atoms with van der Waals surface area (Å²) in [6, 6.07) is 8.30. The molecule has 0 spiro atoms. The average molecular weight is 246 g/mol. The van der Waals surface area contributed by atoms with Crippen molar-refractivity contribution >= 4 is 10.9 Å². The molecule has 0 saturated heterocycles. The first kappa shape index (κ1) is 10.7. The highest BCUT2D eigenvalue weighted by Gasteiger charge is 2.09. The Labute approximate surface area is 101 Å². The number of benzene rings is 2. The summed E-state index contributed by atoms with van der Waals surface area (Å²) in [6.07, 6.45) is 1.49. The van der Waals surface area contributed by atoms with Crippen LogP contribution in [0.1, 0.15) is 0 Å². The van der Waals surface area contributed by atoms with Crippen LogP contribution >= 0.6 is 0 Å². The van der Waals surface area contributed by atoms with E-state index in [0.29, 0.717) is 16.6 Å². The minimum absolute atomic E-state index is 0.393. The lowest BCUT2D eigenvalue weighted by molar-refractivity contribution is 0.433. The second kappa shape index (κ2) is 3.80. The average Bonchev–Trinajstić information content (AvgIpc) is 2.73. The van der Waals surface area contributed by atoms with Crippen LogP contribution in [-0.2, 0) is 0 Å². The molecule has 0 aliphatic heterocycles. The SMILES string of the molecule is Oc1cc2cnn(-c3cccc(F)c3)c2cc1F. The van der Waals surface area contributed by atoms with E-state index in [1.807, 2.05) is 0 Å². The molecule has 0 aliphatic carbocycles. The molecule has 0 radical (unpaired) electrons. The molecular formula is C13H8F2N2O. The zero-order chi connectivity index (χ0) is 12.7. The molecule has 18 heavy (non-hydrogen) atoms. The van der Waals surface area contributed by atoms with Crippen LogP contribution in [0, 0.1) is 11.6 Å². The van der Waals surface area contributed by atoms with E-state index in [9.17, 15) is 13.9 Å². The molecule has 0 atom stereocenters. The Balaban J connectivity index is 2.27. The molecule has 1 aromatic heterocycles. The van der Waals surface area contributed by atoms with Crippen molar-refractivity contribution in [3.8, 4) is 11.4 Å². The van der Waals surface area contributed by atoms with Crippen molar-refractivity contribution in [1.82, 2.24) is 9.78 Å². The summed E-state index contributed by atoms with van der Waals surface area (Å²) in [4.78, 5) is 0. The number of fused-ring (bicyclic) bond motifs is 1. The lowest BCUT2D eigenvalue weighted by Crippen LogP contribution is -1.96. The Bertz CT molecular complexity index is 737. The normalized spacial score (nSPS) is 11.0. The first-order valence-corrected chi connectivity index (χ1v) is 5.27. The second-order valence-electron chi connectivity index (χ2n) is 3.90. The second-order valence-corrected chi connectivity index (χ2v) is 3.90. The van der Waals surface area contributed by atoms with Crippen molar-refractivity contribution in [3.63, 3.8) is 0 Å². The zero-order valence-corrected chi connectivity index (χ0v) is 9.14. The number of hydrogen-bond donors (Lipinski definition) is 1. The fraction of sp³-hybridized carbons (Fsp3) is 0. The fourth-order valence-corrected chi connectivity index (χ4v) is 1.85. The predicted octanol–water partition coefficient (Wildman–Crippen LogP) is 3.01. The lowest BCUT2D eigenvalue weighted by atomic mass is 10.2. The standard InChI is InChI=1S/C13H8F2N2O/c14-9-2-1-3-10(5-9)17-12-6-11(15)13(18)4-8(12)7-16-17/h1-7,18H. The number of halogens is 2. The molecule has 0 saturated carbocycles. The molecule has 0 unspecified atom stereocenters. The topological polar surface area (TPSA) is 38.1 Å². The van der Waals surface area contributed by atoms with Gasteiger partial charge in [-0.15, -0.1) is 0 Å². The lowest BCUT2D eigenvalue weighted by Gasteiger charge is -2.04. The molecular weight excluding hydrogens is 238 g/mol. The Morgan fingerprint density at radius 3 is 2.72 bits per heavy atom. The van der Waals surface area contributed by atoms with E-state index in [-0.39, 0.29) is 0 Å². The van der Waals surface area contributed by atoms with Crippen LogP contribution in [0.4, 0.5) is 8.78 Å². The molecule has 3 nitrogen and oxygen atoms in total. The van der Waals surface area contributed by atoms with Gasteiger partial charge in [0, 0.05) is 11.5 Å². The van der Waals surface area contributed by atoms with Crippen molar-refractivity contribution in [2.45, 2.75) is 0 Å². The van der Waals surface area contributed by atoms with E-state index in [1.54, 1.807) is 12.1 Å². The van der Waals surface area contributed by atoms with Crippen LogP contribution in [0.2, 0.25) is 0 Å². The van der Waals surface area contributed by atoms with Crippen molar-refractivity contribution < 1.29 is 13.9 Å². The maximum atomic E-state index is 13.3. The third kappa shape index (κ3) is 1.60. The van der Waals surface area contributed by atoms with Gasteiger partial charge < -0.3 is 5.11 Å². The maximum absolute atomic E-state index is 13.3. The molecule has 1 heterocycles. The van der Waals surface area contributed by atoms with Gasteiger partial charge in [-0.2, -0.15) is 5.10 Å². The van der Waals surface area contributed by atoms with Crippen LogP contribution in [0.5, 0.6) is 5.75 Å². The molecule has 0 aliphatic rings. The van der Waals surface area contributed by atoms with Gasteiger partial charge in [0.1, 0.15) is 5.82 Å². The number of phenolic OH excluding ortho intramolecular Hbond substituents is 1. The third-order valence-corrected chi connectivity index (χ3v) is 2.69. The molecule has 90 valence electrons. The molecule has 0 amide bonds. The third-order valence-electron chi connectivity index (χ3n) is 2.69. The van der Waals surface area contributed by atoms with E-state index in [4.69, 9.17) is 0 Å². The molecule has 5 heteroatoms. The Morgan fingerprint density at radius 2 is 1.94 bits per heavy atom. The monoisotopic (exact) mass is 246 g/mol. The van der Waals surface area contributed by atoms with Gasteiger partial charge in [0.2, 0.25) is 0 Å². The van der Waals surface area contributed by atoms with Crippen LogP contribution in [0.15, 0.2) is 42.6 Å². The van der Waals surface area contributed by atoms with E-state index in [0.717, 1.165) is 0 Å². The minimum atomic E-state index is -0.736. The van der Waals surface area contributed by atoms with E-state index >= 15 is 0 Å². The van der Waals surface area contributed by atoms with Crippen LogP contribution in [0.3, 0.4) is 0 Å². The van der Waals surface area contributed by atoms with Crippen molar-refractivity contribution in [2.75, 3.05) is 0 Å². The highest BCUT2D eigenvalue weighted by Crippen LogP contribution is 2.25. The summed E-state index contributed by atoms with van der Waals surface area (Å²) in [5, 5.41) is 13.9. The smallest absolute Gasteiger partial charge is 0.166 e. The van der Waals surface area contributed by atoms with Gasteiger partial charge in [-0.25, -0.2) is 13.5 Å². The molecule has 3 aromatic rings. The summed E-state index contributed by atoms with van der Waals surface area (Å²) < 4.78 is 27.9. The van der Waals surface area contributed by atoms with Crippen molar-refractivity contribution in [3.05, 3.63) is 54.2 Å². The largest absolute Gasteiger partial charge is 0.505 e. The fourth-order valence-electron chi connectivity index (χ4n) is 1.85. The number of aromatic nitrogens is 2. The van der Waals surface area contributed by atoms with Gasteiger partial charge in [-0.3, -0.25) is 0 Å². The Hall–Kier alpha value is -2.43. The first-order valence-electron chi connectivity index (χ1n) is 5.27. The van der Waals surface area contributed by atoms with Crippen molar-refractivity contribution in [2.24, 2.45) is 0 Å².